The van der Waals surface area contributed by atoms with Crippen LogP contribution in [0, 0.1) is 5.41 Å². The van der Waals surface area contributed by atoms with E-state index in [0.717, 1.165) is 22.2 Å². The van der Waals surface area contributed by atoms with Crippen LogP contribution in [0.3, 0.4) is 0 Å². The van der Waals surface area contributed by atoms with E-state index in [1.54, 1.807) is 14.2 Å². The third-order valence-corrected chi connectivity index (χ3v) is 5.92. The molecular weight excluding hydrogens is 601 g/mol. The van der Waals surface area contributed by atoms with Gasteiger partial charge in [-0.15, -0.1) is 0 Å². The van der Waals surface area contributed by atoms with Crippen LogP contribution in [0.5, 0.6) is 11.5 Å². The lowest BCUT2D eigenvalue weighted by atomic mass is 10.1. The van der Waals surface area contributed by atoms with Crippen molar-refractivity contribution in [1.82, 2.24) is 15.6 Å². The van der Waals surface area contributed by atoms with Gasteiger partial charge in [0, 0.05) is 34.3 Å². The number of ether oxygens (including phenoxy) is 3. The van der Waals surface area contributed by atoms with E-state index in [-0.39, 0.29) is 23.7 Å². The Morgan fingerprint density at radius 1 is 1.18 bits per heavy atom. The molecule has 0 unspecified atom stereocenters. The third kappa shape index (κ3) is 8.42. The second kappa shape index (κ2) is 14.9. The van der Waals surface area contributed by atoms with Crippen molar-refractivity contribution >= 4 is 51.7 Å². The summed E-state index contributed by atoms with van der Waals surface area (Å²) in [4.78, 5) is 28.8. The van der Waals surface area contributed by atoms with Crippen molar-refractivity contribution in [3.05, 3.63) is 77.7 Å². The standard InChI is InChI=1S/C27H30IN5O5/c1-36-23-10-8-18(14-24(23)37-2)22-7-5-3-4-6-20(32-22)15-21(29)26(34)33-25-11-9-19(16-31-25)27(35)38-13-12-30-17-28/h3,5,7-11,14-16,29-30,32H,4,6,12-13,17H2,1-2H3,(H,31,33,34)/b5-3-,20-15-,22-7-,29-21?. The number of benzene rings is 1. The van der Waals surface area contributed by atoms with Crippen LogP contribution in [0.25, 0.3) is 5.70 Å². The smallest absolute Gasteiger partial charge is 0.339 e. The topological polar surface area (TPSA) is 135 Å². The number of hydrogen-bond acceptors (Lipinski definition) is 9. The van der Waals surface area contributed by atoms with E-state index in [4.69, 9.17) is 19.6 Å². The van der Waals surface area contributed by atoms with Crippen LogP contribution in [0.15, 0.2) is 66.5 Å². The number of hydrogen-bond donors (Lipinski definition) is 4. The van der Waals surface area contributed by atoms with Gasteiger partial charge in [0.15, 0.2) is 11.5 Å². The molecule has 0 spiro atoms. The number of methoxy groups -OCH3 is 2. The summed E-state index contributed by atoms with van der Waals surface area (Å²) >= 11 is 2.17. The van der Waals surface area contributed by atoms with Gasteiger partial charge < -0.3 is 30.2 Å². The summed E-state index contributed by atoms with van der Waals surface area (Å²) in [5.41, 5.74) is 2.39. The molecule has 38 heavy (non-hydrogen) atoms. The highest BCUT2D eigenvalue weighted by Crippen LogP contribution is 2.30. The van der Waals surface area contributed by atoms with Crippen molar-refractivity contribution in [1.29, 1.82) is 5.41 Å². The number of alkyl halides is 1. The molecule has 2 aromatic rings. The van der Waals surface area contributed by atoms with Gasteiger partial charge in [0.05, 0.1) is 19.8 Å². The van der Waals surface area contributed by atoms with Gasteiger partial charge in [0.2, 0.25) is 0 Å². The van der Waals surface area contributed by atoms with Gasteiger partial charge in [-0.05, 0) is 55.3 Å². The zero-order valence-electron chi connectivity index (χ0n) is 21.2. The summed E-state index contributed by atoms with van der Waals surface area (Å²) in [6.07, 6.45) is 10.1. The van der Waals surface area contributed by atoms with E-state index >= 15 is 0 Å². The normalized spacial score (nSPS) is 16.2. The summed E-state index contributed by atoms with van der Waals surface area (Å²) in [5.74, 6) is 0.319. The zero-order chi connectivity index (χ0) is 27.3. The second-order valence-corrected chi connectivity index (χ2v) is 8.74. The molecule has 0 saturated carbocycles. The molecule has 1 aliphatic rings. The molecule has 2 heterocycles. The van der Waals surface area contributed by atoms with Gasteiger partial charge in [-0.25, -0.2) is 9.78 Å². The van der Waals surface area contributed by atoms with Crippen LogP contribution in [0.2, 0.25) is 0 Å². The van der Waals surface area contributed by atoms with Crippen LogP contribution in [-0.4, -0.2) is 54.5 Å². The summed E-state index contributed by atoms with van der Waals surface area (Å²) in [6, 6.07) is 8.59. The van der Waals surface area contributed by atoms with Gasteiger partial charge >= 0.3 is 5.97 Å². The van der Waals surface area contributed by atoms with Crippen LogP contribution in [0.4, 0.5) is 5.82 Å². The van der Waals surface area contributed by atoms with Crippen molar-refractivity contribution in [3.8, 4) is 11.5 Å². The van der Waals surface area contributed by atoms with Crippen molar-refractivity contribution < 1.29 is 23.8 Å². The zero-order valence-corrected chi connectivity index (χ0v) is 23.3. The van der Waals surface area contributed by atoms with Crippen LogP contribution >= 0.6 is 22.6 Å². The molecule has 0 saturated heterocycles. The monoisotopic (exact) mass is 631 g/mol. The van der Waals surface area contributed by atoms with Gasteiger partial charge in [0.1, 0.15) is 18.1 Å². The van der Waals surface area contributed by atoms with Crippen LogP contribution < -0.4 is 25.4 Å². The minimum absolute atomic E-state index is 0.223. The number of pyridine rings is 1. The van der Waals surface area contributed by atoms with Gasteiger partial charge in [-0.3, -0.25) is 10.2 Å². The predicted molar refractivity (Wildman–Crippen MR) is 155 cm³/mol. The molecule has 0 radical (unpaired) electrons. The molecule has 1 aromatic heterocycles. The summed E-state index contributed by atoms with van der Waals surface area (Å²) in [5, 5.41) is 17.3. The molecule has 1 aromatic carbocycles. The van der Waals surface area contributed by atoms with Crippen molar-refractivity contribution in [2.75, 3.05) is 37.2 Å². The summed E-state index contributed by atoms with van der Waals surface area (Å²) in [6.45, 7) is 0.809. The van der Waals surface area contributed by atoms with E-state index in [9.17, 15) is 9.59 Å². The lowest BCUT2D eigenvalue weighted by molar-refractivity contribution is -0.110. The Morgan fingerprint density at radius 2 is 2.00 bits per heavy atom. The molecule has 0 atom stereocenters. The number of esters is 1. The van der Waals surface area contributed by atoms with Crippen molar-refractivity contribution in [3.63, 3.8) is 0 Å². The number of anilines is 1. The quantitative estimate of drug-likeness (QED) is 0.0729. The number of carbonyl (C=O) groups excluding carboxylic acids is 2. The number of nitrogens with zero attached hydrogens (tertiary/aromatic N) is 1. The molecule has 1 amide bonds. The van der Waals surface area contributed by atoms with E-state index in [1.807, 2.05) is 36.4 Å². The molecule has 0 fully saturated rings. The van der Waals surface area contributed by atoms with Crippen molar-refractivity contribution in [2.45, 2.75) is 12.8 Å². The third-order valence-electron chi connectivity index (χ3n) is 5.38. The number of allylic oxidation sites excluding steroid dienone is 4. The molecule has 0 bridgehead atoms. The van der Waals surface area contributed by atoms with E-state index in [2.05, 4.69) is 43.5 Å². The SMILES string of the molecule is COc1ccc(/C2=C/C=C\CC/C(=C/C(=N)C(=O)Nc3ccc(C(=O)OCCNCI)cn3)N2)cc1OC. The molecule has 4 N–H and O–H groups in total. The Hall–Kier alpha value is -3.71. The number of halogens is 1. The Labute approximate surface area is 235 Å². The van der Waals surface area contributed by atoms with E-state index in [1.165, 1.54) is 24.4 Å². The largest absolute Gasteiger partial charge is 0.493 e. The Kier molecular flexibility index (Phi) is 11.3. The fourth-order valence-corrected chi connectivity index (χ4v) is 3.82. The Morgan fingerprint density at radius 3 is 2.71 bits per heavy atom. The molecule has 0 aliphatic carbocycles. The average Bonchev–Trinajstić information content (AvgIpc) is 2.92. The maximum atomic E-state index is 12.7. The maximum absolute atomic E-state index is 12.7. The first kappa shape index (κ1) is 28.9. The Bertz CT molecular complexity index is 1240. The van der Waals surface area contributed by atoms with Gasteiger partial charge in [-0.1, -0.05) is 34.7 Å². The molecule has 10 nitrogen and oxygen atoms in total. The first-order valence-electron chi connectivity index (χ1n) is 11.8. The van der Waals surface area contributed by atoms with Gasteiger partial charge in [-0.2, -0.15) is 0 Å². The fourth-order valence-electron chi connectivity index (χ4n) is 3.43. The molecule has 3 rings (SSSR count). The maximum Gasteiger partial charge on any atom is 0.339 e. The van der Waals surface area contributed by atoms with E-state index < -0.39 is 11.9 Å². The minimum Gasteiger partial charge on any atom is -0.493 e. The average molecular weight is 631 g/mol. The van der Waals surface area contributed by atoms with E-state index in [0.29, 0.717) is 30.2 Å². The Balaban J connectivity index is 1.65. The molecule has 1 aliphatic heterocycles. The van der Waals surface area contributed by atoms with Crippen LogP contribution in [0.1, 0.15) is 28.8 Å². The number of rotatable bonds is 11. The first-order valence-corrected chi connectivity index (χ1v) is 13.3. The lowest BCUT2D eigenvalue weighted by Gasteiger charge is -2.17. The van der Waals surface area contributed by atoms with Gasteiger partial charge in [0.25, 0.3) is 5.91 Å². The number of carbonyl (C=O) groups is 2. The summed E-state index contributed by atoms with van der Waals surface area (Å²) in [7, 11) is 3.16. The highest BCUT2D eigenvalue weighted by molar-refractivity contribution is 14.1. The molecular formula is C27H30IN5O5. The number of nitrogens with one attached hydrogen (secondary N) is 4. The number of amides is 1. The highest BCUT2D eigenvalue weighted by Gasteiger charge is 2.14. The minimum atomic E-state index is -0.624. The van der Waals surface area contributed by atoms with Crippen LogP contribution in [-0.2, 0) is 9.53 Å². The highest BCUT2D eigenvalue weighted by atomic mass is 127. The van der Waals surface area contributed by atoms with Crippen molar-refractivity contribution in [2.24, 2.45) is 0 Å². The number of aromatic nitrogens is 1. The summed E-state index contributed by atoms with van der Waals surface area (Å²) < 4.78 is 16.7. The second-order valence-electron chi connectivity index (χ2n) is 7.98. The first-order chi connectivity index (χ1) is 18.4. The molecule has 11 heteroatoms. The lowest BCUT2D eigenvalue weighted by Crippen LogP contribution is -2.23. The predicted octanol–water partition coefficient (Wildman–Crippen LogP) is 4.06. The fraction of sp³-hybridized carbons (Fsp3) is 0.259. The molecule has 200 valence electrons.